The summed E-state index contributed by atoms with van der Waals surface area (Å²) >= 11 is 1.66. The number of benzene rings is 1. The van der Waals surface area contributed by atoms with Crippen LogP contribution in [0.1, 0.15) is 23.4 Å². The summed E-state index contributed by atoms with van der Waals surface area (Å²) in [7, 11) is 1.69. The summed E-state index contributed by atoms with van der Waals surface area (Å²) < 4.78 is 5.24. The van der Waals surface area contributed by atoms with E-state index >= 15 is 0 Å². The smallest absolute Gasteiger partial charge is 0.121 e. The van der Waals surface area contributed by atoms with Crippen LogP contribution in [0.3, 0.4) is 0 Å². The molecule has 1 aromatic carbocycles. The van der Waals surface area contributed by atoms with E-state index in [0.29, 0.717) is 0 Å². The Labute approximate surface area is 105 Å². The first-order valence-corrected chi connectivity index (χ1v) is 6.38. The van der Waals surface area contributed by atoms with E-state index in [9.17, 15) is 0 Å². The fraction of sp³-hybridized carbons (Fsp3) is 0.308. The first-order chi connectivity index (χ1) is 8.20. The summed E-state index contributed by atoms with van der Waals surface area (Å²) in [5.74, 6) is 0.918. The Morgan fingerprint density at radius 1 is 1.41 bits per heavy atom. The number of nitrogens with one attached hydrogen (secondary N) is 1. The van der Waals surface area contributed by atoms with Crippen LogP contribution in [-0.4, -0.2) is 12.1 Å². The monoisotopic (exact) mass is 248 g/mol. The van der Waals surface area contributed by atoms with Crippen LogP contribution in [0.5, 0.6) is 5.75 Å². The number of hydrogen-bond acceptors (Lipinski definition) is 4. The molecule has 0 aliphatic rings. The van der Waals surface area contributed by atoms with E-state index in [1.54, 1.807) is 18.4 Å². The van der Waals surface area contributed by atoms with Gasteiger partial charge in [0.1, 0.15) is 5.75 Å². The Hall–Kier alpha value is -1.55. The quantitative estimate of drug-likeness (QED) is 0.897. The lowest BCUT2D eigenvalue weighted by Gasteiger charge is -2.14. The number of hydrogen-bond donors (Lipinski definition) is 1. The van der Waals surface area contributed by atoms with Crippen LogP contribution in [-0.2, 0) is 0 Å². The van der Waals surface area contributed by atoms with E-state index in [1.807, 2.05) is 30.8 Å². The normalized spacial score (nSPS) is 12.2. The van der Waals surface area contributed by atoms with Gasteiger partial charge in [-0.3, -0.25) is 4.98 Å². The maximum Gasteiger partial charge on any atom is 0.121 e. The highest BCUT2D eigenvalue weighted by Gasteiger charge is 2.07. The molecule has 2 aromatic rings. The van der Waals surface area contributed by atoms with E-state index in [2.05, 4.69) is 23.3 Å². The number of nitrogens with zero attached hydrogens (tertiary/aromatic N) is 1. The SMILES string of the molecule is COc1ccc(NC(C)c2cncs2)cc1C. The zero-order valence-corrected chi connectivity index (χ0v) is 11.0. The first-order valence-electron chi connectivity index (χ1n) is 5.50. The molecule has 3 nitrogen and oxygen atoms in total. The minimum atomic E-state index is 0.273. The van der Waals surface area contributed by atoms with Crippen LogP contribution in [0.4, 0.5) is 5.69 Å². The van der Waals surface area contributed by atoms with Gasteiger partial charge in [0.15, 0.2) is 0 Å². The van der Waals surface area contributed by atoms with Gasteiger partial charge in [-0.05, 0) is 37.6 Å². The van der Waals surface area contributed by atoms with Crippen LogP contribution in [0.25, 0.3) is 0 Å². The van der Waals surface area contributed by atoms with Crippen molar-refractivity contribution >= 4 is 17.0 Å². The fourth-order valence-electron chi connectivity index (χ4n) is 1.73. The molecule has 1 atom stereocenters. The zero-order chi connectivity index (χ0) is 12.3. The average Bonchev–Trinajstić information content (AvgIpc) is 2.82. The lowest BCUT2D eigenvalue weighted by molar-refractivity contribution is 0.412. The molecule has 1 heterocycles. The van der Waals surface area contributed by atoms with Gasteiger partial charge in [-0.25, -0.2) is 0 Å². The molecule has 1 N–H and O–H groups in total. The maximum atomic E-state index is 5.24. The van der Waals surface area contributed by atoms with Gasteiger partial charge >= 0.3 is 0 Å². The van der Waals surface area contributed by atoms with Crippen LogP contribution in [0, 0.1) is 6.92 Å². The van der Waals surface area contributed by atoms with E-state index in [-0.39, 0.29) is 6.04 Å². The van der Waals surface area contributed by atoms with Gasteiger partial charge in [0.2, 0.25) is 0 Å². The van der Waals surface area contributed by atoms with E-state index < -0.39 is 0 Å². The van der Waals surface area contributed by atoms with Gasteiger partial charge in [0, 0.05) is 16.8 Å². The van der Waals surface area contributed by atoms with Crippen LogP contribution in [0.2, 0.25) is 0 Å². The lowest BCUT2D eigenvalue weighted by Crippen LogP contribution is -2.05. The van der Waals surface area contributed by atoms with Gasteiger partial charge in [-0.2, -0.15) is 0 Å². The van der Waals surface area contributed by atoms with Crippen LogP contribution in [0.15, 0.2) is 29.9 Å². The highest BCUT2D eigenvalue weighted by Crippen LogP contribution is 2.25. The molecule has 4 heteroatoms. The van der Waals surface area contributed by atoms with Crippen molar-refractivity contribution in [2.45, 2.75) is 19.9 Å². The summed E-state index contributed by atoms with van der Waals surface area (Å²) in [5, 5.41) is 3.45. The van der Waals surface area contributed by atoms with Crippen molar-refractivity contribution in [3.05, 3.63) is 40.3 Å². The standard InChI is InChI=1S/C13H16N2OS/c1-9-6-11(4-5-12(9)16-3)15-10(2)13-7-14-8-17-13/h4-8,10,15H,1-3H3. The molecule has 0 bridgehead atoms. The Balaban J connectivity index is 2.11. The van der Waals surface area contributed by atoms with Gasteiger partial charge in [-0.15, -0.1) is 11.3 Å². The number of aryl methyl sites for hydroxylation is 1. The summed E-state index contributed by atoms with van der Waals surface area (Å²) in [6, 6.07) is 6.38. The Morgan fingerprint density at radius 2 is 2.24 bits per heavy atom. The summed E-state index contributed by atoms with van der Waals surface area (Å²) in [5.41, 5.74) is 4.09. The largest absolute Gasteiger partial charge is 0.496 e. The Kier molecular flexibility index (Phi) is 3.64. The van der Waals surface area contributed by atoms with E-state index in [4.69, 9.17) is 4.74 Å². The third-order valence-electron chi connectivity index (χ3n) is 2.66. The van der Waals surface area contributed by atoms with Gasteiger partial charge in [0.25, 0.3) is 0 Å². The molecule has 0 aliphatic heterocycles. The predicted molar refractivity (Wildman–Crippen MR) is 71.9 cm³/mol. The number of anilines is 1. The molecule has 0 aliphatic carbocycles. The molecule has 0 radical (unpaired) electrons. The van der Waals surface area contributed by atoms with Gasteiger partial charge in [0.05, 0.1) is 18.7 Å². The summed E-state index contributed by atoms with van der Waals surface area (Å²) in [6.45, 7) is 4.18. The molecular weight excluding hydrogens is 232 g/mol. The number of ether oxygens (including phenoxy) is 1. The van der Waals surface area contributed by atoms with E-state index in [1.165, 1.54) is 4.88 Å². The number of aromatic nitrogens is 1. The topological polar surface area (TPSA) is 34.1 Å². The molecular formula is C13H16N2OS. The average molecular weight is 248 g/mol. The number of thiazole rings is 1. The molecule has 0 fully saturated rings. The fourth-order valence-corrected chi connectivity index (χ4v) is 2.36. The van der Waals surface area contributed by atoms with Crippen molar-refractivity contribution in [1.29, 1.82) is 0 Å². The first kappa shape index (κ1) is 11.9. The Bertz CT molecular complexity index is 482. The lowest BCUT2D eigenvalue weighted by atomic mass is 10.2. The van der Waals surface area contributed by atoms with Crippen molar-refractivity contribution in [2.24, 2.45) is 0 Å². The second kappa shape index (κ2) is 5.19. The second-order valence-corrected chi connectivity index (χ2v) is 4.87. The molecule has 1 aromatic heterocycles. The molecule has 2 rings (SSSR count). The second-order valence-electron chi connectivity index (χ2n) is 3.95. The van der Waals surface area contributed by atoms with Crippen LogP contribution >= 0.6 is 11.3 Å². The molecule has 0 amide bonds. The van der Waals surface area contributed by atoms with Crippen molar-refractivity contribution in [2.75, 3.05) is 12.4 Å². The minimum Gasteiger partial charge on any atom is -0.496 e. The number of methoxy groups -OCH3 is 1. The van der Waals surface area contributed by atoms with Crippen molar-refractivity contribution in [3.8, 4) is 5.75 Å². The number of rotatable bonds is 4. The third kappa shape index (κ3) is 2.77. The molecule has 1 unspecified atom stereocenters. The third-order valence-corrected chi connectivity index (χ3v) is 3.61. The summed E-state index contributed by atoms with van der Waals surface area (Å²) in [4.78, 5) is 5.32. The van der Waals surface area contributed by atoms with Crippen molar-refractivity contribution in [1.82, 2.24) is 4.98 Å². The van der Waals surface area contributed by atoms with Crippen molar-refractivity contribution < 1.29 is 4.74 Å². The molecule has 0 saturated heterocycles. The van der Waals surface area contributed by atoms with Gasteiger partial charge < -0.3 is 10.1 Å². The highest BCUT2D eigenvalue weighted by atomic mass is 32.1. The van der Waals surface area contributed by atoms with Gasteiger partial charge in [-0.1, -0.05) is 0 Å². The molecule has 0 spiro atoms. The summed E-state index contributed by atoms with van der Waals surface area (Å²) in [6.07, 6.45) is 1.90. The molecule has 17 heavy (non-hydrogen) atoms. The highest BCUT2D eigenvalue weighted by molar-refractivity contribution is 7.09. The Morgan fingerprint density at radius 3 is 2.82 bits per heavy atom. The van der Waals surface area contributed by atoms with Crippen molar-refractivity contribution in [3.63, 3.8) is 0 Å². The van der Waals surface area contributed by atoms with Crippen LogP contribution < -0.4 is 10.1 Å². The molecule has 0 saturated carbocycles. The molecule has 90 valence electrons. The minimum absolute atomic E-state index is 0.273. The zero-order valence-electron chi connectivity index (χ0n) is 10.2. The maximum absolute atomic E-state index is 5.24. The predicted octanol–water partition coefficient (Wildman–Crippen LogP) is 3.63. The van der Waals surface area contributed by atoms with E-state index in [0.717, 1.165) is 17.0 Å².